The summed E-state index contributed by atoms with van der Waals surface area (Å²) in [6.07, 6.45) is 0. The minimum Gasteiger partial charge on any atom is -0.349 e. The van der Waals surface area contributed by atoms with Crippen LogP contribution in [-0.4, -0.2) is 11.7 Å². The van der Waals surface area contributed by atoms with Crippen molar-refractivity contribution in [1.29, 1.82) is 0 Å². The van der Waals surface area contributed by atoms with Gasteiger partial charge in [0.25, 0.3) is 5.91 Å². The molecule has 5 rings (SSSR count). The predicted octanol–water partition coefficient (Wildman–Crippen LogP) is 5.65. The SMILES string of the molecule is O=C1Nc2ccc(Cl)cc2[C@]12ON=C(c1ccc(Cl)cc1)N2c1cccc(Cl)c1. The van der Waals surface area contributed by atoms with E-state index in [1.807, 2.05) is 18.2 Å². The quantitative estimate of drug-likeness (QED) is 0.556. The predicted molar refractivity (Wildman–Crippen MR) is 115 cm³/mol. The van der Waals surface area contributed by atoms with E-state index in [0.717, 1.165) is 5.56 Å². The lowest BCUT2D eigenvalue weighted by Gasteiger charge is -2.32. The summed E-state index contributed by atoms with van der Waals surface area (Å²) in [6.45, 7) is 0. The van der Waals surface area contributed by atoms with Crippen molar-refractivity contribution in [3.05, 3.63) is 92.9 Å². The monoisotopic (exact) mass is 443 g/mol. The van der Waals surface area contributed by atoms with Gasteiger partial charge in [0.05, 0.1) is 11.3 Å². The molecule has 1 atom stereocenters. The Kier molecular flexibility index (Phi) is 4.21. The average molecular weight is 445 g/mol. The molecule has 0 saturated heterocycles. The minimum absolute atomic E-state index is 0.373. The van der Waals surface area contributed by atoms with Crippen LogP contribution in [0, 0.1) is 0 Å². The fourth-order valence-electron chi connectivity index (χ4n) is 3.59. The number of hydrogen-bond acceptors (Lipinski definition) is 4. The Balaban J connectivity index is 1.74. The topological polar surface area (TPSA) is 53.9 Å². The number of nitrogens with zero attached hydrogens (tertiary/aromatic N) is 2. The summed E-state index contributed by atoms with van der Waals surface area (Å²) in [4.78, 5) is 20.8. The molecule has 8 heteroatoms. The molecule has 0 saturated carbocycles. The van der Waals surface area contributed by atoms with E-state index in [1.54, 1.807) is 53.4 Å². The van der Waals surface area contributed by atoms with E-state index >= 15 is 0 Å². The van der Waals surface area contributed by atoms with Gasteiger partial charge in [-0.2, -0.15) is 0 Å². The van der Waals surface area contributed by atoms with Crippen molar-refractivity contribution < 1.29 is 9.63 Å². The molecule has 0 fully saturated rings. The van der Waals surface area contributed by atoms with Crippen LogP contribution in [0.5, 0.6) is 0 Å². The molecule has 0 radical (unpaired) electrons. The zero-order chi connectivity index (χ0) is 20.2. The molecule has 0 bridgehead atoms. The van der Waals surface area contributed by atoms with Crippen LogP contribution in [0.3, 0.4) is 0 Å². The highest BCUT2D eigenvalue weighted by Crippen LogP contribution is 2.48. The number of anilines is 2. The van der Waals surface area contributed by atoms with E-state index in [2.05, 4.69) is 10.5 Å². The first-order valence-electron chi connectivity index (χ1n) is 8.68. The van der Waals surface area contributed by atoms with Gasteiger partial charge in [-0.1, -0.05) is 46.0 Å². The Bertz CT molecular complexity index is 1180. The molecule has 1 N–H and O–H groups in total. The van der Waals surface area contributed by atoms with Gasteiger partial charge >= 0.3 is 5.72 Å². The number of halogens is 3. The van der Waals surface area contributed by atoms with Gasteiger partial charge in [0, 0.05) is 26.3 Å². The Morgan fingerprint density at radius 3 is 2.38 bits per heavy atom. The molecule has 29 heavy (non-hydrogen) atoms. The molecule has 2 heterocycles. The van der Waals surface area contributed by atoms with Gasteiger partial charge in [-0.15, -0.1) is 0 Å². The van der Waals surface area contributed by atoms with Crippen molar-refractivity contribution in [1.82, 2.24) is 0 Å². The molecule has 2 aliphatic rings. The van der Waals surface area contributed by atoms with Gasteiger partial charge in [0.15, 0.2) is 5.84 Å². The number of rotatable bonds is 2. The molecule has 2 aliphatic heterocycles. The maximum atomic E-state index is 13.2. The highest BCUT2D eigenvalue weighted by molar-refractivity contribution is 6.32. The van der Waals surface area contributed by atoms with Crippen LogP contribution in [0.4, 0.5) is 11.4 Å². The summed E-state index contributed by atoms with van der Waals surface area (Å²) in [5.41, 5.74) is 1.02. The summed E-state index contributed by atoms with van der Waals surface area (Å²) in [5.74, 6) is 0.0781. The molecular weight excluding hydrogens is 433 g/mol. The van der Waals surface area contributed by atoms with Crippen molar-refractivity contribution in [2.75, 3.05) is 10.2 Å². The van der Waals surface area contributed by atoms with Crippen molar-refractivity contribution in [2.24, 2.45) is 5.16 Å². The zero-order valence-corrected chi connectivity index (χ0v) is 17.0. The number of nitrogens with one attached hydrogen (secondary N) is 1. The minimum atomic E-state index is -1.54. The number of benzene rings is 3. The highest BCUT2D eigenvalue weighted by atomic mass is 35.5. The van der Waals surface area contributed by atoms with E-state index in [4.69, 9.17) is 39.6 Å². The molecule has 144 valence electrons. The van der Waals surface area contributed by atoms with Gasteiger partial charge in [0.1, 0.15) is 0 Å². The first-order chi connectivity index (χ1) is 14.0. The van der Waals surface area contributed by atoms with E-state index in [-0.39, 0.29) is 5.91 Å². The molecule has 3 aromatic rings. The number of hydrogen-bond donors (Lipinski definition) is 1. The van der Waals surface area contributed by atoms with E-state index < -0.39 is 5.72 Å². The summed E-state index contributed by atoms with van der Waals surface area (Å²) >= 11 is 18.5. The molecule has 3 aromatic carbocycles. The normalized spacial score (nSPS) is 19.8. The van der Waals surface area contributed by atoms with Gasteiger partial charge in [-0.05, 0) is 60.7 Å². The van der Waals surface area contributed by atoms with Gasteiger partial charge in [0.2, 0.25) is 0 Å². The van der Waals surface area contributed by atoms with Crippen LogP contribution >= 0.6 is 34.8 Å². The molecule has 5 nitrogen and oxygen atoms in total. The van der Waals surface area contributed by atoms with Crippen molar-refractivity contribution in [3.63, 3.8) is 0 Å². The van der Waals surface area contributed by atoms with Gasteiger partial charge < -0.3 is 10.2 Å². The number of carbonyl (C=O) groups is 1. The smallest absolute Gasteiger partial charge is 0.322 e. The molecule has 1 spiro atoms. The molecule has 0 unspecified atom stereocenters. The zero-order valence-electron chi connectivity index (χ0n) is 14.7. The second-order valence-electron chi connectivity index (χ2n) is 6.62. The van der Waals surface area contributed by atoms with Crippen LogP contribution in [0.15, 0.2) is 71.9 Å². The molecule has 1 amide bonds. The Morgan fingerprint density at radius 1 is 0.897 bits per heavy atom. The Hall–Kier alpha value is -2.73. The lowest BCUT2D eigenvalue weighted by Crippen LogP contribution is -2.51. The fourth-order valence-corrected chi connectivity index (χ4v) is 4.07. The maximum absolute atomic E-state index is 13.2. The number of oxime groups is 1. The highest BCUT2D eigenvalue weighted by Gasteiger charge is 2.60. The average Bonchev–Trinajstić information content (AvgIpc) is 3.23. The number of carbonyl (C=O) groups excluding carboxylic acids is 1. The first kappa shape index (κ1) is 18.3. The Labute approximate surface area is 181 Å². The van der Waals surface area contributed by atoms with Crippen molar-refractivity contribution in [2.45, 2.75) is 5.72 Å². The largest absolute Gasteiger partial charge is 0.349 e. The lowest BCUT2D eigenvalue weighted by molar-refractivity contribution is -0.137. The Morgan fingerprint density at radius 2 is 1.62 bits per heavy atom. The maximum Gasteiger partial charge on any atom is 0.322 e. The first-order valence-corrected chi connectivity index (χ1v) is 9.82. The van der Waals surface area contributed by atoms with Crippen LogP contribution < -0.4 is 10.2 Å². The summed E-state index contributed by atoms with van der Waals surface area (Å²) in [7, 11) is 0. The second-order valence-corrected chi connectivity index (χ2v) is 7.93. The van der Waals surface area contributed by atoms with Crippen molar-refractivity contribution in [3.8, 4) is 0 Å². The summed E-state index contributed by atoms with van der Waals surface area (Å²) < 4.78 is 0. The summed E-state index contributed by atoms with van der Waals surface area (Å²) in [5, 5.41) is 8.74. The molecular formula is C21H12Cl3N3O2. The van der Waals surface area contributed by atoms with Crippen molar-refractivity contribution >= 4 is 57.9 Å². The fraction of sp³-hybridized carbons (Fsp3) is 0.0476. The summed E-state index contributed by atoms with van der Waals surface area (Å²) in [6, 6.07) is 19.4. The number of amides is 1. The molecule has 0 aliphatic carbocycles. The van der Waals surface area contributed by atoms with Gasteiger partial charge in [-0.25, -0.2) is 0 Å². The number of amidine groups is 1. The third kappa shape index (κ3) is 2.77. The van der Waals surface area contributed by atoms with E-state index in [0.29, 0.717) is 37.8 Å². The third-order valence-corrected chi connectivity index (χ3v) is 5.58. The molecule has 0 aromatic heterocycles. The van der Waals surface area contributed by atoms with Gasteiger partial charge in [-0.3, -0.25) is 9.69 Å². The van der Waals surface area contributed by atoms with Crippen LogP contribution in [0.25, 0.3) is 0 Å². The van der Waals surface area contributed by atoms with E-state index in [1.165, 1.54) is 0 Å². The van der Waals surface area contributed by atoms with Crippen LogP contribution in [-0.2, 0) is 15.4 Å². The van der Waals surface area contributed by atoms with Crippen LogP contribution in [0.1, 0.15) is 11.1 Å². The second kappa shape index (κ2) is 6.66. The third-order valence-electron chi connectivity index (χ3n) is 4.86. The van der Waals surface area contributed by atoms with E-state index in [9.17, 15) is 4.79 Å². The number of fused-ring (bicyclic) bond motifs is 2. The van der Waals surface area contributed by atoms with Crippen LogP contribution in [0.2, 0.25) is 15.1 Å². The standard InChI is InChI=1S/C21H12Cl3N3O2/c22-13-6-4-12(5-7-13)19-26-29-21(27(19)16-3-1-2-14(23)10-16)17-11-15(24)8-9-18(17)25-20(21)28/h1-11H,(H,25,28)/t21-/m0/s1. The lowest BCUT2D eigenvalue weighted by atomic mass is 10.00.